The lowest BCUT2D eigenvalue weighted by Crippen LogP contribution is -2.38. The van der Waals surface area contributed by atoms with Gasteiger partial charge in [0.25, 0.3) is 0 Å². The molecule has 1 aliphatic rings. The van der Waals surface area contributed by atoms with Gasteiger partial charge in [-0.2, -0.15) is 0 Å². The Morgan fingerprint density at radius 3 is 2.44 bits per heavy atom. The quantitative estimate of drug-likeness (QED) is 0.650. The summed E-state index contributed by atoms with van der Waals surface area (Å²) in [6.07, 6.45) is 5.44. The topological polar surface area (TPSA) is 15.3 Å². The molecule has 1 N–H and O–H groups in total. The highest BCUT2D eigenvalue weighted by Crippen LogP contribution is 2.26. The van der Waals surface area contributed by atoms with E-state index < -0.39 is 0 Å². The zero-order valence-corrected chi connectivity index (χ0v) is 11.6. The van der Waals surface area contributed by atoms with Gasteiger partial charge in [0.2, 0.25) is 0 Å². The van der Waals surface area contributed by atoms with Crippen LogP contribution >= 0.6 is 0 Å². The summed E-state index contributed by atoms with van der Waals surface area (Å²) in [6, 6.07) is 1.59. The zero-order valence-electron chi connectivity index (χ0n) is 11.6. The number of hydrogen-bond acceptors (Lipinski definition) is 2. The molecule has 0 amide bonds. The third-order valence-corrected chi connectivity index (χ3v) is 3.28. The second-order valence-corrected chi connectivity index (χ2v) is 5.76. The van der Waals surface area contributed by atoms with Crippen LogP contribution in [0.5, 0.6) is 0 Å². The minimum Gasteiger partial charge on any atom is -0.313 e. The van der Waals surface area contributed by atoms with E-state index in [9.17, 15) is 0 Å². The van der Waals surface area contributed by atoms with E-state index in [1.165, 1.54) is 38.8 Å². The average molecular weight is 226 g/mol. The molecule has 1 saturated carbocycles. The molecule has 0 saturated heterocycles. The summed E-state index contributed by atoms with van der Waals surface area (Å²) >= 11 is 0. The van der Waals surface area contributed by atoms with Crippen LogP contribution in [0.25, 0.3) is 0 Å². The van der Waals surface area contributed by atoms with Crippen molar-refractivity contribution in [2.24, 2.45) is 5.92 Å². The maximum absolute atomic E-state index is 3.63. The van der Waals surface area contributed by atoms with Gasteiger partial charge >= 0.3 is 0 Å². The van der Waals surface area contributed by atoms with Crippen molar-refractivity contribution in [1.29, 1.82) is 0 Å². The van der Waals surface area contributed by atoms with Crippen molar-refractivity contribution >= 4 is 0 Å². The smallest absolute Gasteiger partial charge is 0.0110 e. The van der Waals surface area contributed by atoms with Gasteiger partial charge < -0.3 is 5.32 Å². The third kappa shape index (κ3) is 5.86. The van der Waals surface area contributed by atoms with Crippen molar-refractivity contribution in [1.82, 2.24) is 10.2 Å². The summed E-state index contributed by atoms with van der Waals surface area (Å²) in [5, 5.41) is 3.63. The SMILES string of the molecule is CCCC(C)NCCN(CC(C)C)C1CC1. The molecule has 0 spiro atoms. The van der Waals surface area contributed by atoms with Gasteiger partial charge in [0.15, 0.2) is 0 Å². The van der Waals surface area contributed by atoms with Crippen LogP contribution in [0.15, 0.2) is 0 Å². The first-order valence-corrected chi connectivity index (χ1v) is 7.11. The molecule has 1 aliphatic carbocycles. The molecule has 0 aromatic heterocycles. The van der Waals surface area contributed by atoms with E-state index >= 15 is 0 Å². The first kappa shape index (κ1) is 14.0. The van der Waals surface area contributed by atoms with E-state index in [0.717, 1.165) is 18.5 Å². The van der Waals surface area contributed by atoms with E-state index in [0.29, 0.717) is 6.04 Å². The lowest BCUT2D eigenvalue weighted by Gasteiger charge is -2.25. The normalized spacial score (nSPS) is 18.4. The summed E-state index contributed by atoms with van der Waals surface area (Å²) in [6.45, 7) is 12.9. The zero-order chi connectivity index (χ0) is 12.0. The maximum Gasteiger partial charge on any atom is 0.0110 e. The van der Waals surface area contributed by atoms with E-state index in [1.807, 2.05) is 0 Å². The van der Waals surface area contributed by atoms with Gasteiger partial charge in [0.05, 0.1) is 0 Å². The van der Waals surface area contributed by atoms with Gasteiger partial charge in [-0.3, -0.25) is 4.90 Å². The minimum atomic E-state index is 0.685. The van der Waals surface area contributed by atoms with Gasteiger partial charge in [0, 0.05) is 31.7 Å². The van der Waals surface area contributed by atoms with E-state index in [-0.39, 0.29) is 0 Å². The van der Waals surface area contributed by atoms with Crippen LogP contribution in [-0.2, 0) is 0 Å². The molecule has 2 heteroatoms. The first-order chi connectivity index (χ1) is 7.63. The summed E-state index contributed by atoms with van der Waals surface area (Å²) in [5.41, 5.74) is 0. The van der Waals surface area contributed by atoms with Crippen LogP contribution in [0.1, 0.15) is 53.4 Å². The highest BCUT2D eigenvalue weighted by Gasteiger charge is 2.28. The fourth-order valence-corrected chi connectivity index (χ4v) is 2.32. The fourth-order valence-electron chi connectivity index (χ4n) is 2.32. The monoisotopic (exact) mass is 226 g/mol. The van der Waals surface area contributed by atoms with Crippen molar-refractivity contribution < 1.29 is 0 Å². The highest BCUT2D eigenvalue weighted by molar-refractivity contribution is 4.85. The Morgan fingerprint density at radius 2 is 1.94 bits per heavy atom. The van der Waals surface area contributed by atoms with E-state index in [1.54, 1.807) is 0 Å². The van der Waals surface area contributed by atoms with Gasteiger partial charge in [-0.1, -0.05) is 27.2 Å². The second kappa shape index (κ2) is 7.29. The molecular weight excluding hydrogens is 196 g/mol. The largest absolute Gasteiger partial charge is 0.313 e. The van der Waals surface area contributed by atoms with Gasteiger partial charge in [-0.05, 0) is 32.1 Å². The Balaban J connectivity index is 2.12. The lowest BCUT2D eigenvalue weighted by atomic mass is 10.2. The predicted octanol–water partition coefficient (Wildman–Crippen LogP) is 2.89. The lowest BCUT2D eigenvalue weighted by molar-refractivity contribution is 0.231. The Hall–Kier alpha value is -0.0800. The number of hydrogen-bond donors (Lipinski definition) is 1. The summed E-state index contributed by atoms with van der Waals surface area (Å²) in [7, 11) is 0. The summed E-state index contributed by atoms with van der Waals surface area (Å²) in [5.74, 6) is 0.800. The van der Waals surface area contributed by atoms with Crippen LogP contribution in [0.2, 0.25) is 0 Å². The Kier molecular flexibility index (Phi) is 6.37. The van der Waals surface area contributed by atoms with Crippen molar-refractivity contribution in [2.75, 3.05) is 19.6 Å². The van der Waals surface area contributed by atoms with Crippen molar-refractivity contribution in [3.8, 4) is 0 Å². The van der Waals surface area contributed by atoms with Crippen LogP contribution in [-0.4, -0.2) is 36.6 Å². The van der Waals surface area contributed by atoms with Crippen LogP contribution in [0.3, 0.4) is 0 Å². The van der Waals surface area contributed by atoms with Gasteiger partial charge in [0.1, 0.15) is 0 Å². The number of rotatable bonds is 9. The van der Waals surface area contributed by atoms with Crippen molar-refractivity contribution in [3.05, 3.63) is 0 Å². The number of nitrogens with zero attached hydrogens (tertiary/aromatic N) is 1. The molecule has 0 aromatic carbocycles. The van der Waals surface area contributed by atoms with E-state index in [4.69, 9.17) is 0 Å². The van der Waals surface area contributed by atoms with Crippen molar-refractivity contribution in [3.63, 3.8) is 0 Å². The number of nitrogens with one attached hydrogen (secondary N) is 1. The van der Waals surface area contributed by atoms with Crippen LogP contribution < -0.4 is 5.32 Å². The van der Waals surface area contributed by atoms with Gasteiger partial charge in [-0.25, -0.2) is 0 Å². The standard InChI is InChI=1S/C14H30N2/c1-5-6-13(4)15-9-10-16(11-12(2)3)14-7-8-14/h12-15H,5-11H2,1-4H3. The minimum absolute atomic E-state index is 0.685. The Morgan fingerprint density at radius 1 is 1.25 bits per heavy atom. The molecular formula is C14H30N2. The van der Waals surface area contributed by atoms with Crippen LogP contribution in [0.4, 0.5) is 0 Å². The molecule has 1 atom stereocenters. The molecule has 1 fully saturated rings. The fraction of sp³-hybridized carbons (Fsp3) is 1.00. The van der Waals surface area contributed by atoms with Crippen molar-refractivity contribution in [2.45, 2.75) is 65.5 Å². The second-order valence-electron chi connectivity index (χ2n) is 5.76. The molecule has 2 nitrogen and oxygen atoms in total. The maximum atomic E-state index is 3.63. The molecule has 0 aromatic rings. The Labute approximate surface area is 102 Å². The van der Waals surface area contributed by atoms with Crippen LogP contribution in [0, 0.1) is 5.92 Å². The molecule has 16 heavy (non-hydrogen) atoms. The Bertz CT molecular complexity index is 176. The first-order valence-electron chi connectivity index (χ1n) is 7.11. The molecule has 1 unspecified atom stereocenters. The predicted molar refractivity (Wildman–Crippen MR) is 71.8 cm³/mol. The van der Waals surface area contributed by atoms with Gasteiger partial charge in [-0.15, -0.1) is 0 Å². The highest BCUT2D eigenvalue weighted by atomic mass is 15.2. The molecule has 0 heterocycles. The molecule has 96 valence electrons. The molecule has 0 aliphatic heterocycles. The average Bonchev–Trinajstić information content (AvgIpc) is 2.99. The van der Waals surface area contributed by atoms with E-state index in [2.05, 4.69) is 37.9 Å². The summed E-state index contributed by atoms with van der Waals surface area (Å²) in [4.78, 5) is 2.68. The summed E-state index contributed by atoms with van der Waals surface area (Å²) < 4.78 is 0. The molecule has 1 rings (SSSR count). The third-order valence-electron chi connectivity index (χ3n) is 3.28. The molecule has 0 bridgehead atoms. The molecule has 0 radical (unpaired) electrons.